The number of carbonyl (C=O) groups excluding carboxylic acids is 1. The van der Waals surface area contributed by atoms with Crippen LogP contribution in [0.15, 0.2) is 75.8 Å². The fourth-order valence-corrected chi connectivity index (χ4v) is 4.93. The van der Waals surface area contributed by atoms with Crippen LogP contribution < -0.4 is 10.1 Å². The first-order valence-electron chi connectivity index (χ1n) is 11.2. The van der Waals surface area contributed by atoms with Crippen molar-refractivity contribution in [2.24, 2.45) is 10.2 Å². The number of halogens is 2. The van der Waals surface area contributed by atoms with E-state index < -0.39 is 26.7 Å². The highest BCUT2D eigenvalue weighted by Gasteiger charge is 2.21. The van der Waals surface area contributed by atoms with Gasteiger partial charge in [-0.3, -0.25) is 9.35 Å². The number of hydrogen-bond acceptors (Lipinski definition) is 7. The van der Waals surface area contributed by atoms with Gasteiger partial charge in [0.05, 0.1) is 23.5 Å². The highest BCUT2D eigenvalue weighted by Crippen LogP contribution is 2.40. The molecule has 0 radical (unpaired) electrons. The fraction of sp³-hybridized carbons (Fsp3) is 0.115. The third kappa shape index (κ3) is 5.73. The zero-order chi connectivity index (χ0) is 27.6. The highest BCUT2D eigenvalue weighted by atomic mass is 35.5. The fourth-order valence-electron chi connectivity index (χ4n) is 3.73. The zero-order valence-corrected chi connectivity index (χ0v) is 22.4. The molecule has 0 aliphatic rings. The Morgan fingerprint density at radius 3 is 2.50 bits per heavy atom. The monoisotopic (exact) mass is 573 g/mol. The average Bonchev–Trinajstić information content (AvgIpc) is 2.86. The number of amides is 1. The summed E-state index contributed by atoms with van der Waals surface area (Å²) in [7, 11) is -4.57. The summed E-state index contributed by atoms with van der Waals surface area (Å²) in [5.41, 5.74) is 0.391. The van der Waals surface area contributed by atoms with Crippen molar-refractivity contribution in [2.75, 3.05) is 11.9 Å². The SMILES string of the molecule is CCOc1cc(Cl)ccc1NC(=O)c1cc2ccccc2c(N=Nc2cc(Cl)c(C)c(S(=O)(=O)O)c2)c1O. The number of benzene rings is 4. The second kappa shape index (κ2) is 11.0. The van der Waals surface area contributed by atoms with Crippen LogP contribution in [-0.4, -0.2) is 30.6 Å². The van der Waals surface area contributed by atoms with Crippen molar-refractivity contribution >= 4 is 67.1 Å². The largest absolute Gasteiger partial charge is 0.505 e. The Bertz CT molecular complexity index is 1710. The van der Waals surface area contributed by atoms with Crippen LogP contribution in [0.3, 0.4) is 0 Å². The van der Waals surface area contributed by atoms with E-state index in [-0.39, 0.29) is 27.5 Å². The molecule has 0 aliphatic carbocycles. The van der Waals surface area contributed by atoms with Crippen LogP contribution in [0.25, 0.3) is 10.8 Å². The first kappa shape index (κ1) is 27.3. The second-order valence-corrected chi connectivity index (χ2v) is 10.3. The molecule has 12 heteroatoms. The van der Waals surface area contributed by atoms with E-state index in [1.807, 2.05) is 0 Å². The van der Waals surface area contributed by atoms with Crippen molar-refractivity contribution in [3.05, 3.63) is 81.8 Å². The lowest BCUT2D eigenvalue weighted by Gasteiger charge is -2.14. The Hall–Kier alpha value is -3.70. The highest BCUT2D eigenvalue weighted by molar-refractivity contribution is 7.85. The molecule has 0 spiro atoms. The first-order valence-corrected chi connectivity index (χ1v) is 13.4. The predicted octanol–water partition coefficient (Wildman–Crippen LogP) is 7.47. The van der Waals surface area contributed by atoms with Crippen LogP contribution in [0.5, 0.6) is 11.5 Å². The standard InChI is InChI=1S/C26H21Cl2N3O6S/c1-3-37-22-11-16(27)8-9-21(22)29-26(33)19-10-15-6-4-5-7-18(15)24(25(19)32)31-30-17-12-20(28)14(2)23(13-17)38(34,35)36/h4-13,32H,3H2,1-2H3,(H,29,33)(H,34,35,36). The molecular formula is C26H21Cl2N3O6S. The Labute approximate surface area is 228 Å². The third-order valence-electron chi connectivity index (χ3n) is 5.56. The molecular weight excluding hydrogens is 553 g/mol. The van der Waals surface area contributed by atoms with Gasteiger partial charge in [0, 0.05) is 21.5 Å². The second-order valence-electron chi connectivity index (χ2n) is 8.10. The lowest BCUT2D eigenvalue weighted by Crippen LogP contribution is -2.13. The number of nitrogens with one attached hydrogen (secondary N) is 1. The molecule has 0 fully saturated rings. The van der Waals surface area contributed by atoms with Gasteiger partial charge in [0.1, 0.15) is 16.3 Å². The summed E-state index contributed by atoms with van der Waals surface area (Å²) in [5, 5.41) is 23.5. The van der Waals surface area contributed by atoms with Crippen molar-refractivity contribution in [3.63, 3.8) is 0 Å². The molecule has 4 aromatic carbocycles. The molecule has 0 aliphatic heterocycles. The van der Waals surface area contributed by atoms with Gasteiger partial charge in [-0.05, 0) is 55.1 Å². The number of rotatable bonds is 7. The van der Waals surface area contributed by atoms with Crippen LogP contribution in [0.1, 0.15) is 22.8 Å². The van der Waals surface area contributed by atoms with E-state index in [1.165, 1.54) is 19.1 Å². The summed E-state index contributed by atoms with van der Waals surface area (Å²) in [4.78, 5) is 12.8. The van der Waals surface area contributed by atoms with Crippen LogP contribution in [0.4, 0.5) is 17.1 Å². The lowest BCUT2D eigenvalue weighted by molar-refractivity contribution is 0.102. The molecule has 3 N–H and O–H groups in total. The van der Waals surface area contributed by atoms with Crippen molar-refractivity contribution in [2.45, 2.75) is 18.7 Å². The quantitative estimate of drug-likeness (QED) is 0.155. The minimum Gasteiger partial charge on any atom is -0.505 e. The van der Waals surface area contributed by atoms with Gasteiger partial charge in [-0.2, -0.15) is 13.5 Å². The van der Waals surface area contributed by atoms with Gasteiger partial charge < -0.3 is 15.2 Å². The zero-order valence-electron chi connectivity index (χ0n) is 20.1. The Morgan fingerprint density at radius 2 is 1.79 bits per heavy atom. The van der Waals surface area contributed by atoms with E-state index in [9.17, 15) is 22.9 Å². The van der Waals surface area contributed by atoms with Gasteiger partial charge >= 0.3 is 0 Å². The number of nitrogens with zero attached hydrogens (tertiary/aromatic N) is 2. The molecule has 0 aromatic heterocycles. The lowest BCUT2D eigenvalue weighted by atomic mass is 10.0. The Kier molecular flexibility index (Phi) is 7.89. The van der Waals surface area contributed by atoms with Crippen LogP contribution in [0, 0.1) is 6.92 Å². The van der Waals surface area contributed by atoms with Crippen molar-refractivity contribution in [1.29, 1.82) is 0 Å². The van der Waals surface area contributed by atoms with E-state index in [4.69, 9.17) is 27.9 Å². The minimum absolute atomic E-state index is 0.00841. The molecule has 0 bridgehead atoms. The average molecular weight is 574 g/mol. The molecule has 0 unspecified atom stereocenters. The molecule has 4 rings (SSSR count). The van der Waals surface area contributed by atoms with Gasteiger partial charge in [-0.15, -0.1) is 5.11 Å². The number of hydrogen-bond donors (Lipinski definition) is 3. The topological polar surface area (TPSA) is 138 Å². The maximum absolute atomic E-state index is 13.2. The third-order valence-corrected chi connectivity index (χ3v) is 7.16. The molecule has 196 valence electrons. The smallest absolute Gasteiger partial charge is 0.294 e. The Morgan fingerprint density at radius 1 is 1.05 bits per heavy atom. The number of azo groups is 1. The summed E-state index contributed by atoms with van der Waals surface area (Å²) < 4.78 is 38.5. The molecule has 0 saturated heterocycles. The number of fused-ring (bicyclic) bond motifs is 1. The van der Waals surface area contributed by atoms with Crippen LogP contribution in [0.2, 0.25) is 10.0 Å². The maximum atomic E-state index is 13.2. The predicted molar refractivity (Wildman–Crippen MR) is 146 cm³/mol. The first-order chi connectivity index (χ1) is 18.0. The summed E-state index contributed by atoms with van der Waals surface area (Å²) in [6.07, 6.45) is 0. The normalized spacial score (nSPS) is 11.7. The van der Waals surface area contributed by atoms with Gasteiger partial charge in [-0.25, -0.2) is 0 Å². The van der Waals surface area contributed by atoms with Gasteiger partial charge in [0.15, 0.2) is 5.75 Å². The van der Waals surface area contributed by atoms with Gasteiger partial charge in [-0.1, -0.05) is 47.5 Å². The van der Waals surface area contributed by atoms with Gasteiger partial charge in [0.25, 0.3) is 16.0 Å². The molecule has 0 heterocycles. The van der Waals surface area contributed by atoms with E-state index in [0.717, 1.165) is 6.07 Å². The van der Waals surface area contributed by atoms with Crippen LogP contribution >= 0.6 is 23.2 Å². The molecule has 0 atom stereocenters. The molecule has 9 nitrogen and oxygen atoms in total. The number of carbonyl (C=O) groups is 1. The van der Waals surface area contributed by atoms with Crippen molar-refractivity contribution in [1.82, 2.24) is 0 Å². The van der Waals surface area contributed by atoms with E-state index >= 15 is 0 Å². The summed E-state index contributed by atoms with van der Waals surface area (Å²) in [5.74, 6) is -0.732. The van der Waals surface area contributed by atoms with E-state index in [2.05, 4.69) is 15.5 Å². The number of phenolic OH excluding ortho intramolecular Hbond substituents is 1. The number of ether oxygens (including phenoxy) is 1. The van der Waals surface area contributed by atoms with Crippen molar-refractivity contribution in [3.8, 4) is 11.5 Å². The number of phenols is 1. The Balaban J connectivity index is 1.80. The van der Waals surface area contributed by atoms with Gasteiger partial charge in [0.2, 0.25) is 0 Å². The van der Waals surface area contributed by atoms with Crippen molar-refractivity contribution < 1.29 is 27.6 Å². The summed E-state index contributed by atoms with van der Waals surface area (Å²) >= 11 is 12.2. The van der Waals surface area contributed by atoms with E-state index in [0.29, 0.717) is 33.8 Å². The molecule has 4 aromatic rings. The van der Waals surface area contributed by atoms with Crippen LogP contribution in [-0.2, 0) is 10.1 Å². The summed E-state index contributed by atoms with van der Waals surface area (Å²) in [6.45, 7) is 3.57. The summed E-state index contributed by atoms with van der Waals surface area (Å²) in [6, 6.07) is 15.6. The molecule has 1 amide bonds. The molecule has 0 saturated carbocycles. The number of anilines is 1. The minimum atomic E-state index is -4.57. The van der Waals surface area contributed by atoms with E-state index in [1.54, 1.807) is 49.4 Å². The number of aromatic hydroxyl groups is 1. The maximum Gasteiger partial charge on any atom is 0.294 e. The molecule has 38 heavy (non-hydrogen) atoms.